The van der Waals surface area contributed by atoms with Crippen LogP contribution in [-0.4, -0.2) is 16.1 Å². The van der Waals surface area contributed by atoms with Gasteiger partial charge in [-0.2, -0.15) is 0 Å². The third-order valence-corrected chi connectivity index (χ3v) is 2.86. The maximum atomic E-state index is 13.1. The van der Waals surface area contributed by atoms with Crippen molar-refractivity contribution < 1.29 is 19.0 Å². The van der Waals surface area contributed by atoms with Crippen molar-refractivity contribution in [2.75, 3.05) is 5.73 Å². The summed E-state index contributed by atoms with van der Waals surface area (Å²) in [7, 11) is 0. The Morgan fingerprint density at radius 2 is 2.11 bits per heavy atom. The highest BCUT2D eigenvalue weighted by atomic mass is 79.9. The molecule has 0 spiro atoms. The van der Waals surface area contributed by atoms with Crippen LogP contribution in [0.1, 0.15) is 10.5 Å². The van der Waals surface area contributed by atoms with E-state index in [0.29, 0.717) is 4.47 Å². The number of aromatic carboxylic acids is 1. The standard InChI is InChI=1S/C12H8BrFN2O3/c13-7-2-1-6(14)5-10(7)19-11-8(15)3-4-9(16-11)12(17)18/h1-5H,15H2,(H,17,18). The number of carboxylic acid groups (broad SMARTS) is 1. The SMILES string of the molecule is Nc1ccc(C(=O)O)nc1Oc1cc(F)ccc1Br. The Bertz CT molecular complexity index is 649. The lowest BCUT2D eigenvalue weighted by Crippen LogP contribution is -2.03. The Morgan fingerprint density at radius 1 is 1.37 bits per heavy atom. The van der Waals surface area contributed by atoms with Crippen molar-refractivity contribution in [2.45, 2.75) is 0 Å². The molecule has 1 aromatic heterocycles. The van der Waals surface area contributed by atoms with Gasteiger partial charge in [-0.1, -0.05) is 0 Å². The molecule has 0 saturated heterocycles. The number of hydrogen-bond acceptors (Lipinski definition) is 4. The first kappa shape index (κ1) is 13.3. The summed E-state index contributed by atoms with van der Waals surface area (Å²) in [6.45, 7) is 0. The Balaban J connectivity index is 2.40. The van der Waals surface area contributed by atoms with Crippen LogP contribution in [-0.2, 0) is 0 Å². The molecule has 2 rings (SSSR count). The van der Waals surface area contributed by atoms with Crippen LogP contribution >= 0.6 is 15.9 Å². The number of nitrogens with two attached hydrogens (primary N) is 1. The molecule has 0 saturated carbocycles. The molecule has 0 aliphatic rings. The molecule has 0 radical (unpaired) electrons. The third-order valence-electron chi connectivity index (χ3n) is 2.21. The summed E-state index contributed by atoms with van der Waals surface area (Å²) in [5.41, 5.74) is 5.58. The Morgan fingerprint density at radius 3 is 2.79 bits per heavy atom. The van der Waals surface area contributed by atoms with Crippen LogP contribution in [0.2, 0.25) is 0 Å². The minimum absolute atomic E-state index is 0.0915. The number of anilines is 1. The van der Waals surface area contributed by atoms with E-state index >= 15 is 0 Å². The van der Waals surface area contributed by atoms with Gasteiger partial charge in [0.2, 0.25) is 5.88 Å². The lowest BCUT2D eigenvalue weighted by atomic mass is 10.3. The highest BCUT2D eigenvalue weighted by Crippen LogP contribution is 2.32. The first-order valence-electron chi connectivity index (χ1n) is 5.10. The van der Waals surface area contributed by atoms with Crippen molar-refractivity contribution in [2.24, 2.45) is 0 Å². The summed E-state index contributed by atoms with van der Waals surface area (Å²) in [4.78, 5) is 14.6. The Kier molecular flexibility index (Phi) is 3.66. The summed E-state index contributed by atoms with van der Waals surface area (Å²) >= 11 is 3.18. The number of pyridine rings is 1. The molecular weight excluding hydrogens is 319 g/mol. The smallest absolute Gasteiger partial charge is 0.354 e. The normalized spacial score (nSPS) is 10.2. The first-order chi connectivity index (χ1) is 8.97. The largest absolute Gasteiger partial charge is 0.477 e. The number of aromatic nitrogens is 1. The number of rotatable bonds is 3. The van der Waals surface area contributed by atoms with Crippen molar-refractivity contribution >= 4 is 27.6 Å². The summed E-state index contributed by atoms with van der Waals surface area (Å²) in [5.74, 6) is -1.64. The van der Waals surface area contributed by atoms with Crippen LogP contribution in [0, 0.1) is 5.82 Å². The summed E-state index contributed by atoms with van der Waals surface area (Å²) in [5, 5.41) is 8.84. The fourth-order valence-electron chi connectivity index (χ4n) is 1.31. The number of benzene rings is 1. The van der Waals surface area contributed by atoms with Gasteiger partial charge in [0.1, 0.15) is 11.6 Å². The lowest BCUT2D eigenvalue weighted by Gasteiger charge is -2.09. The fourth-order valence-corrected chi connectivity index (χ4v) is 1.64. The Labute approximate surface area is 116 Å². The van der Waals surface area contributed by atoms with Gasteiger partial charge in [-0.25, -0.2) is 14.2 Å². The van der Waals surface area contributed by atoms with Crippen LogP contribution in [0.25, 0.3) is 0 Å². The molecule has 1 heterocycles. The van der Waals surface area contributed by atoms with Crippen LogP contribution < -0.4 is 10.5 Å². The van der Waals surface area contributed by atoms with Gasteiger partial charge in [0, 0.05) is 6.07 Å². The second-order valence-electron chi connectivity index (χ2n) is 3.57. The zero-order valence-corrected chi connectivity index (χ0v) is 11.0. The van der Waals surface area contributed by atoms with E-state index in [1.54, 1.807) is 0 Å². The average molecular weight is 327 g/mol. The molecule has 98 valence electrons. The summed E-state index contributed by atoms with van der Waals surface area (Å²) < 4.78 is 18.9. The highest BCUT2D eigenvalue weighted by Gasteiger charge is 2.12. The fraction of sp³-hybridized carbons (Fsp3) is 0. The Hall–Kier alpha value is -2.15. The maximum absolute atomic E-state index is 13.1. The molecule has 0 fully saturated rings. The average Bonchev–Trinajstić information content (AvgIpc) is 2.36. The number of hydrogen-bond donors (Lipinski definition) is 2. The highest BCUT2D eigenvalue weighted by molar-refractivity contribution is 9.10. The van der Waals surface area contributed by atoms with Gasteiger partial charge in [0.05, 0.1) is 10.2 Å². The van der Waals surface area contributed by atoms with Crippen LogP contribution in [0.4, 0.5) is 10.1 Å². The predicted molar refractivity (Wildman–Crippen MR) is 69.8 cm³/mol. The number of ether oxygens (including phenoxy) is 1. The van der Waals surface area contributed by atoms with Crippen LogP contribution in [0.3, 0.4) is 0 Å². The quantitative estimate of drug-likeness (QED) is 0.905. The van der Waals surface area contributed by atoms with Gasteiger partial charge < -0.3 is 15.6 Å². The number of nitrogen functional groups attached to an aromatic ring is 1. The van der Waals surface area contributed by atoms with E-state index in [4.69, 9.17) is 15.6 Å². The van der Waals surface area contributed by atoms with E-state index in [2.05, 4.69) is 20.9 Å². The number of nitrogens with zero attached hydrogens (tertiary/aromatic N) is 1. The van der Waals surface area contributed by atoms with Crippen molar-refractivity contribution in [3.8, 4) is 11.6 Å². The van der Waals surface area contributed by atoms with Crippen molar-refractivity contribution in [1.29, 1.82) is 0 Å². The summed E-state index contributed by atoms with van der Waals surface area (Å²) in [6, 6.07) is 6.46. The molecule has 2 aromatic rings. The van der Waals surface area contributed by atoms with Crippen molar-refractivity contribution in [3.63, 3.8) is 0 Å². The molecule has 0 atom stereocenters. The van der Waals surface area contributed by atoms with E-state index < -0.39 is 11.8 Å². The second kappa shape index (κ2) is 5.23. The molecule has 1 aromatic carbocycles. The number of carbonyl (C=O) groups is 1. The van der Waals surface area contributed by atoms with E-state index in [0.717, 1.165) is 6.07 Å². The molecular formula is C12H8BrFN2O3. The first-order valence-corrected chi connectivity index (χ1v) is 5.89. The van der Waals surface area contributed by atoms with Gasteiger partial charge in [0.25, 0.3) is 0 Å². The van der Waals surface area contributed by atoms with Crippen LogP contribution in [0.5, 0.6) is 11.6 Å². The number of carboxylic acids is 1. The zero-order valence-electron chi connectivity index (χ0n) is 9.43. The molecule has 0 aliphatic heterocycles. The van der Waals surface area contributed by atoms with Gasteiger partial charge in [-0.05, 0) is 40.2 Å². The van der Waals surface area contributed by atoms with Crippen molar-refractivity contribution in [3.05, 3.63) is 46.3 Å². The lowest BCUT2D eigenvalue weighted by molar-refractivity contribution is 0.0689. The van der Waals surface area contributed by atoms with E-state index in [9.17, 15) is 9.18 Å². The molecule has 7 heteroatoms. The molecule has 0 bridgehead atoms. The van der Waals surface area contributed by atoms with E-state index in [1.807, 2.05) is 0 Å². The van der Waals surface area contributed by atoms with Crippen molar-refractivity contribution in [1.82, 2.24) is 4.98 Å². The van der Waals surface area contributed by atoms with E-state index in [-0.39, 0.29) is 23.0 Å². The maximum Gasteiger partial charge on any atom is 0.354 e. The minimum Gasteiger partial charge on any atom is -0.477 e. The van der Waals surface area contributed by atoms with Gasteiger partial charge in [-0.15, -0.1) is 0 Å². The zero-order chi connectivity index (χ0) is 14.0. The van der Waals surface area contributed by atoms with Gasteiger partial charge >= 0.3 is 5.97 Å². The minimum atomic E-state index is -1.21. The molecule has 0 amide bonds. The number of halogens is 2. The predicted octanol–water partition coefficient (Wildman–Crippen LogP) is 3.06. The topological polar surface area (TPSA) is 85.4 Å². The summed E-state index contributed by atoms with van der Waals surface area (Å²) in [6.07, 6.45) is 0. The van der Waals surface area contributed by atoms with Crippen LogP contribution in [0.15, 0.2) is 34.8 Å². The van der Waals surface area contributed by atoms with Gasteiger partial charge in [0.15, 0.2) is 5.69 Å². The molecule has 19 heavy (non-hydrogen) atoms. The third kappa shape index (κ3) is 3.00. The molecule has 5 nitrogen and oxygen atoms in total. The molecule has 0 aliphatic carbocycles. The van der Waals surface area contributed by atoms with E-state index in [1.165, 1.54) is 24.3 Å². The second-order valence-corrected chi connectivity index (χ2v) is 4.43. The monoisotopic (exact) mass is 326 g/mol. The molecule has 3 N–H and O–H groups in total. The van der Waals surface area contributed by atoms with Gasteiger partial charge in [-0.3, -0.25) is 0 Å². The molecule has 0 unspecified atom stereocenters.